The predicted molar refractivity (Wildman–Crippen MR) is 115 cm³/mol. The molecule has 1 aliphatic rings. The van der Waals surface area contributed by atoms with Gasteiger partial charge in [-0.15, -0.1) is 0 Å². The molecule has 2 aromatic rings. The number of para-hydroxylation sites is 1. The zero-order chi connectivity index (χ0) is 20.8. The topological polar surface area (TPSA) is 78.4 Å². The molecule has 2 amide bonds. The lowest BCUT2D eigenvalue weighted by Crippen LogP contribution is -2.50. The van der Waals surface area contributed by atoms with Gasteiger partial charge >= 0.3 is 0 Å². The van der Waals surface area contributed by atoms with Crippen LogP contribution in [-0.4, -0.2) is 70.1 Å². The summed E-state index contributed by atoms with van der Waals surface area (Å²) in [7, 11) is 0. The molecule has 154 valence electrons. The summed E-state index contributed by atoms with van der Waals surface area (Å²) >= 11 is 7.43. The van der Waals surface area contributed by atoms with Gasteiger partial charge in [0.05, 0.1) is 23.0 Å². The molecule has 1 saturated heterocycles. The van der Waals surface area contributed by atoms with E-state index >= 15 is 0 Å². The highest BCUT2D eigenvalue weighted by atomic mass is 35.5. The van der Waals surface area contributed by atoms with Crippen LogP contribution < -0.4 is 5.32 Å². The van der Waals surface area contributed by atoms with Gasteiger partial charge in [-0.05, 0) is 32.0 Å². The number of nitrogens with one attached hydrogen (secondary N) is 1. The van der Waals surface area contributed by atoms with E-state index in [9.17, 15) is 9.59 Å². The summed E-state index contributed by atoms with van der Waals surface area (Å²) < 4.78 is 0. The number of aromatic nitrogens is 2. The van der Waals surface area contributed by atoms with E-state index in [4.69, 9.17) is 11.6 Å². The van der Waals surface area contributed by atoms with Crippen molar-refractivity contribution >= 4 is 40.9 Å². The van der Waals surface area contributed by atoms with E-state index in [1.54, 1.807) is 12.1 Å². The maximum absolute atomic E-state index is 12.5. The molecule has 1 aliphatic heterocycles. The summed E-state index contributed by atoms with van der Waals surface area (Å²) in [5.41, 5.74) is 2.41. The number of hydrogen-bond donors (Lipinski definition) is 1. The lowest BCUT2D eigenvalue weighted by atomic mass is 10.3. The monoisotopic (exact) mass is 433 g/mol. The van der Waals surface area contributed by atoms with Crippen molar-refractivity contribution in [3.05, 3.63) is 46.7 Å². The molecule has 29 heavy (non-hydrogen) atoms. The third-order valence-electron chi connectivity index (χ3n) is 4.53. The van der Waals surface area contributed by atoms with Crippen LogP contribution in [0, 0.1) is 13.8 Å². The molecule has 1 aromatic carbocycles. The van der Waals surface area contributed by atoms with Gasteiger partial charge in [0.1, 0.15) is 0 Å². The van der Waals surface area contributed by atoms with Crippen molar-refractivity contribution in [3.63, 3.8) is 0 Å². The minimum absolute atomic E-state index is 0.0675. The summed E-state index contributed by atoms with van der Waals surface area (Å²) in [6, 6.07) is 9.06. The first-order valence-electron chi connectivity index (χ1n) is 9.40. The number of aryl methyl sites for hydroxylation is 2. The smallest absolute Gasteiger partial charge is 0.238 e. The number of hydrogen-bond acceptors (Lipinski definition) is 6. The Kier molecular flexibility index (Phi) is 7.46. The third kappa shape index (κ3) is 6.42. The first kappa shape index (κ1) is 21.5. The van der Waals surface area contributed by atoms with E-state index in [-0.39, 0.29) is 18.4 Å². The number of amides is 2. The molecule has 7 nitrogen and oxygen atoms in total. The zero-order valence-corrected chi connectivity index (χ0v) is 18.1. The highest BCUT2D eigenvalue weighted by molar-refractivity contribution is 7.99. The summed E-state index contributed by atoms with van der Waals surface area (Å²) in [5.74, 6) is 0.272. The Morgan fingerprint density at radius 3 is 2.41 bits per heavy atom. The van der Waals surface area contributed by atoms with Crippen LogP contribution in [0.3, 0.4) is 0 Å². The molecular formula is C20H24ClN5O2S. The highest BCUT2D eigenvalue weighted by Crippen LogP contribution is 2.20. The Balaban J connectivity index is 1.42. The van der Waals surface area contributed by atoms with Crippen LogP contribution in [0.2, 0.25) is 5.02 Å². The molecule has 1 aromatic heterocycles. The summed E-state index contributed by atoms with van der Waals surface area (Å²) in [4.78, 5) is 37.3. The second-order valence-corrected chi connectivity index (χ2v) is 8.26. The van der Waals surface area contributed by atoms with Gasteiger partial charge in [0.2, 0.25) is 11.8 Å². The molecular weight excluding hydrogens is 410 g/mol. The molecule has 1 N–H and O–H groups in total. The number of anilines is 1. The van der Waals surface area contributed by atoms with Crippen molar-refractivity contribution in [3.8, 4) is 0 Å². The van der Waals surface area contributed by atoms with E-state index < -0.39 is 0 Å². The van der Waals surface area contributed by atoms with Crippen molar-refractivity contribution in [2.75, 3.05) is 43.8 Å². The first-order chi connectivity index (χ1) is 13.9. The van der Waals surface area contributed by atoms with Crippen molar-refractivity contribution in [2.45, 2.75) is 19.0 Å². The normalized spacial score (nSPS) is 14.7. The fraction of sp³-hybridized carbons (Fsp3) is 0.400. The molecule has 3 rings (SSSR count). The van der Waals surface area contributed by atoms with Gasteiger partial charge in [-0.2, -0.15) is 0 Å². The SMILES string of the molecule is Cc1cc(C)nc(SCC(=O)N2CCN(CC(=O)Nc3ccccc3Cl)CC2)n1. The number of carbonyl (C=O) groups is 2. The van der Waals surface area contributed by atoms with Crippen LogP contribution in [0.25, 0.3) is 0 Å². The standard InChI is InChI=1S/C20H24ClN5O2S/c1-14-11-15(2)23-20(22-14)29-13-19(28)26-9-7-25(8-10-26)12-18(27)24-17-6-4-3-5-16(17)21/h3-6,11H,7-10,12-13H2,1-2H3,(H,24,27). The molecule has 0 aliphatic carbocycles. The first-order valence-corrected chi connectivity index (χ1v) is 10.8. The molecule has 1 fully saturated rings. The van der Waals surface area contributed by atoms with Gasteiger partial charge < -0.3 is 10.2 Å². The quantitative estimate of drug-likeness (QED) is 0.557. The predicted octanol–water partition coefficient (Wildman–Crippen LogP) is 2.62. The van der Waals surface area contributed by atoms with Gasteiger partial charge in [-0.1, -0.05) is 35.5 Å². The Labute approximate surface area is 179 Å². The Hall–Kier alpha value is -2.16. The molecule has 2 heterocycles. The molecule has 9 heteroatoms. The molecule has 0 saturated carbocycles. The number of benzene rings is 1. The lowest BCUT2D eigenvalue weighted by Gasteiger charge is -2.34. The summed E-state index contributed by atoms with van der Waals surface area (Å²) in [6.07, 6.45) is 0. The largest absolute Gasteiger partial charge is 0.339 e. The van der Waals surface area contributed by atoms with Gasteiger partial charge in [0.25, 0.3) is 0 Å². The van der Waals surface area contributed by atoms with E-state index in [1.807, 2.05) is 41.8 Å². The van der Waals surface area contributed by atoms with Crippen molar-refractivity contribution in [1.29, 1.82) is 0 Å². The zero-order valence-electron chi connectivity index (χ0n) is 16.5. The van der Waals surface area contributed by atoms with Gasteiger partial charge in [-0.25, -0.2) is 9.97 Å². The number of rotatable bonds is 6. The molecule has 0 unspecified atom stereocenters. The lowest BCUT2D eigenvalue weighted by molar-refractivity contribution is -0.130. The number of nitrogens with zero attached hydrogens (tertiary/aromatic N) is 4. The maximum Gasteiger partial charge on any atom is 0.238 e. The van der Waals surface area contributed by atoms with Crippen molar-refractivity contribution in [2.24, 2.45) is 0 Å². The summed E-state index contributed by atoms with van der Waals surface area (Å²) in [5, 5.41) is 3.97. The van der Waals surface area contributed by atoms with E-state index in [0.29, 0.717) is 47.8 Å². The van der Waals surface area contributed by atoms with Gasteiger partial charge in [0, 0.05) is 37.6 Å². The minimum atomic E-state index is -0.111. The third-order valence-corrected chi connectivity index (χ3v) is 5.69. The maximum atomic E-state index is 12.5. The number of halogens is 1. The average Bonchev–Trinajstić information content (AvgIpc) is 2.68. The minimum Gasteiger partial charge on any atom is -0.339 e. The number of thioether (sulfide) groups is 1. The Morgan fingerprint density at radius 2 is 1.76 bits per heavy atom. The van der Waals surface area contributed by atoms with Crippen LogP contribution in [0.15, 0.2) is 35.5 Å². The second kappa shape index (κ2) is 10.0. The second-order valence-electron chi connectivity index (χ2n) is 6.91. The molecule has 0 radical (unpaired) electrons. The van der Waals surface area contributed by atoms with Crippen LogP contribution in [0.5, 0.6) is 0 Å². The van der Waals surface area contributed by atoms with Crippen LogP contribution >= 0.6 is 23.4 Å². The fourth-order valence-electron chi connectivity index (χ4n) is 3.09. The number of piperazine rings is 1. The van der Waals surface area contributed by atoms with E-state index in [2.05, 4.69) is 15.3 Å². The van der Waals surface area contributed by atoms with Crippen LogP contribution in [0.1, 0.15) is 11.4 Å². The molecule has 0 bridgehead atoms. The molecule has 0 spiro atoms. The Morgan fingerprint density at radius 1 is 1.10 bits per heavy atom. The van der Waals surface area contributed by atoms with Crippen molar-refractivity contribution < 1.29 is 9.59 Å². The van der Waals surface area contributed by atoms with E-state index in [0.717, 1.165) is 11.4 Å². The fourth-order valence-corrected chi connectivity index (χ4v) is 4.12. The van der Waals surface area contributed by atoms with Crippen molar-refractivity contribution in [1.82, 2.24) is 19.8 Å². The van der Waals surface area contributed by atoms with Gasteiger partial charge in [0.15, 0.2) is 5.16 Å². The van der Waals surface area contributed by atoms with Crippen LogP contribution in [-0.2, 0) is 9.59 Å². The summed E-state index contributed by atoms with van der Waals surface area (Å²) in [6.45, 7) is 6.64. The highest BCUT2D eigenvalue weighted by Gasteiger charge is 2.23. The average molecular weight is 434 g/mol. The number of carbonyl (C=O) groups excluding carboxylic acids is 2. The van der Waals surface area contributed by atoms with E-state index in [1.165, 1.54) is 11.8 Å². The Bertz CT molecular complexity index is 867. The molecule has 0 atom stereocenters. The van der Waals surface area contributed by atoms with Crippen LogP contribution in [0.4, 0.5) is 5.69 Å². The van der Waals surface area contributed by atoms with Gasteiger partial charge in [-0.3, -0.25) is 14.5 Å².